The molecule has 1 fully saturated rings. The van der Waals surface area contributed by atoms with Crippen molar-refractivity contribution in [3.05, 3.63) is 29.3 Å². The Bertz CT molecular complexity index is 525. The molecule has 1 saturated carbocycles. The van der Waals surface area contributed by atoms with Crippen LogP contribution in [0.25, 0.3) is 0 Å². The molecule has 0 amide bonds. The van der Waals surface area contributed by atoms with E-state index in [0.717, 1.165) is 12.8 Å². The molecule has 0 spiro atoms. The van der Waals surface area contributed by atoms with Gasteiger partial charge in [-0.05, 0) is 85.5 Å². The first kappa shape index (κ1) is 20.3. The zero-order valence-electron chi connectivity index (χ0n) is 17.2. The van der Waals surface area contributed by atoms with Crippen LogP contribution < -0.4 is 0 Å². The zero-order valence-corrected chi connectivity index (χ0v) is 17.2. The van der Waals surface area contributed by atoms with E-state index >= 15 is 0 Å². The van der Waals surface area contributed by atoms with E-state index in [9.17, 15) is 5.11 Å². The molecule has 0 atom stereocenters. The average molecular weight is 345 g/mol. The number of aryl methyl sites for hydroxylation is 2. The molecular formula is C24H40O. The third-order valence-corrected chi connectivity index (χ3v) is 6.41. The van der Waals surface area contributed by atoms with Crippen molar-refractivity contribution in [3.8, 4) is 5.75 Å². The monoisotopic (exact) mass is 344 g/mol. The first-order valence-corrected chi connectivity index (χ1v) is 10.6. The minimum atomic E-state index is 0.453. The van der Waals surface area contributed by atoms with E-state index in [1.165, 1.54) is 75.3 Å². The maximum atomic E-state index is 10.0. The van der Waals surface area contributed by atoms with Crippen LogP contribution in [-0.4, -0.2) is 5.11 Å². The minimum absolute atomic E-state index is 0.453. The molecule has 0 heterocycles. The van der Waals surface area contributed by atoms with Crippen molar-refractivity contribution >= 4 is 0 Å². The fourth-order valence-electron chi connectivity index (χ4n) is 3.66. The molecule has 0 unspecified atom stereocenters. The molecule has 0 aliphatic heterocycles. The fourth-order valence-corrected chi connectivity index (χ4v) is 3.66. The number of phenols is 1. The number of hydrogen-bond acceptors (Lipinski definition) is 1. The van der Waals surface area contributed by atoms with Gasteiger partial charge in [0.05, 0.1) is 0 Å². The molecule has 1 aliphatic rings. The van der Waals surface area contributed by atoms with Crippen LogP contribution in [0.1, 0.15) is 103 Å². The summed E-state index contributed by atoms with van der Waals surface area (Å²) in [4.78, 5) is 0. The quantitative estimate of drug-likeness (QED) is 0.390. The Morgan fingerprint density at radius 2 is 1.52 bits per heavy atom. The van der Waals surface area contributed by atoms with Gasteiger partial charge in [-0.1, -0.05) is 59.4 Å². The zero-order chi connectivity index (χ0) is 18.3. The summed E-state index contributed by atoms with van der Waals surface area (Å²) in [5.41, 5.74) is 3.81. The van der Waals surface area contributed by atoms with Gasteiger partial charge in [0.2, 0.25) is 0 Å². The Hall–Kier alpha value is -0.980. The summed E-state index contributed by atoms with van der Waals surface area (Å²) in [6, 6.07) is 6.26. The van der Waals surface area contributed by atoms with Crippen LogP contribution in [0.2, 0.25) is 0 Å². The van der Waals surface area contributed by atoms with Gasteiger partial charge in [0.1, 0.15) is 5.75 Å². The van der Waals surface area contributed by atoms with Crippen molar-refractivity contribution in [3.63, 3.8) is 0 Å². The van der Waals surface area contributed by atoms with Crippen LogP contribution in [0, 0.1) is 10.8 Å². The lowest BCUT2D eigenvalue weighted by atomic mass is 9.84. The first-order chi connectivity index (χ1) is 11.8. The molecular weight excluding hydrogens is 304 g/mol. The van der Waals surface area contributed by atoms with Crippen molar-refractivity contribution in [1.82, 2.24) is 0 Å². The molecule has 0 aromatic heterocycles. The van der Waals surface area contributed by atoms with Crippen molar-refractivity contribution in [2.75, 3.05) is 0 Å². The smallest absolute Gasteiger partial charge is 0.116 e. The van der Waals surface area contributed by atoms with E-state index < -0.39 is 0 Å². The Morgan fingerprint density at radius 1 is 0.920 bits per heavy atom. The summed E-state index contributed by atoms with van der Waals surface area (Å²) in [5, 5.41) is 10.0. The molecule has 2 rings (SSSR count). The molecule has 142 valence electrons. The maximum absolute atomic E-state index is 10.0. The van der Waals surface area contributed by atoms with Crippen LogP contribution >= 0.6 is 0 Å². The van der Waals surface area contributed by atoms with Crippen molar-refractivity contribution in [2.24, 2.45) is 10.8 Å². The standard InChI is InChI=1S/C24H40O/c1-5-23(2,3)13-9-6-7-11-20-17-21(19-22(25)18-20)12-8-10-14-24(4)15-16-24/h17-19,25H,5-16H2,1-4H3. The second-order valence-corrected chi connectivity index (χ2v) is 9.60. The first-order valence-electron chi connectivity index (χ1n) is 10.6. The Balaban J connectivity index is 1.68. The largest absolute Gasteiger partial charge is 0.508 e. The van der Waals surface area contributed by atoms with E-state index in [-0.39, 0.29) is 0 Å². The molecule has 1 nitrogen and oxygen atoms in total. The van der Waals surface area contributed by atoms with Crippen molar-refractivity contribution in [2.45, 2.75) is 105 Å². The molecule has 0 bridgehead atoms. The summed E-state index contributed by atoms with van der Waals surface area (Å²) in [7, 11) is 0. The minimum Gasteiger partial charge on any atom is -0.508 e. The number of hydrogen-bond donors (Lipinski definition) is 1. The summed E-state index contributed by atoms with van der Waals surface area (Å²) in [5.74, 6) is 0.453. The highest BCUT2D eigenvalue weighted by atomic mass is 16.3. The molecule has 25 heavy (non-hydrogen) atoms. The van der Waals surface area contributed by atoms with Gasteiger partial charge in [0.15, 0.2) is 0 Å². The second kappa shape index (κ2) is 9.10. The van der Waals surface area contributed by atoms with Gasteiger partial charge in [-0.25, -0.2) is 0 Å². The Labute approximate surface area is 156 Å². The van der Waals surface area contributed by atoms with Crippen LogP contribution in [0.3, 0.4) is 0 Å². The van der Waals surface area contributed by atoms with Gasteiger partial charge in [-0.3, -0.25) is 0 Å². The molecule has 1 aromatic carbocycles. The summed E-state index contributed by atoms with van der Waals surface area (Å²) in [6.07, 6.45) is 15.5. The van der Waals surface area contributed by atoms with Crippen LogP contribution in [0.5, 0.6) is 5.75 Å². The van der Waals surface area contributed by atoms with E-state index in [2.05, 4.69) is 33.8 Å². The van der Waals surface area contributed by atoms with E-state index in [4.69, 9.17) is 0 Å². The lowest BCUT2D eigenvalue weighted by Gasteiger charge is -2.22. The van der Waals surface area contributed by atoms with Crippen LogP contribution in [-0.2, 0) is 12.8 Å². The van der Waals surface area contributed by atoms with Gasteiger partial charge in [-0.15, -0.1) is 0 Å². The Morgan fingerprint density at radius 3 is 2.08 bits per heavy atom. The number of benzene rings is 1. The molecule has 1 aliphatic carbocycles. The number of aromatic hydroxyl groups is 1. The highest BCUT2D eigenvalue weighted by Crippen LogP contribution is 2.49. The third kappa shape index (κ3) is 7.84. The number of rotatable bonds is 12. The molecule has 1 heteroatoms. The predicted octanol–water partition coefficient (Wildman–Crippen LogP) is 7.44. The van der Waals surface area contributed by atoms with Gasteiger partial charge in [0, 0.05) is 0 Å². The van der Waals surface area contributed by atoms with Crippen molar-refractivity contribution < 1.29 is 5.11 Å². The van der Waals surface area contributed by atoms with E-state index in [0.29, 0.717) is 16.6 Å². The normalized spacial score (nSPS) is 16.2. The maximum Gasteiger partial charge on any atom is 0.116 e. The van der Waals surface area contributed by atoms with Crippen LogP contribution in [0.4, 0.5) is 0 Å². The lowest BCUT2D eigenvalue weighted by molar-refractivity contribution is 0.308. The van der Waals surface area contributed by atoms with E-state index in [1.54, 1.807) is 0 Å². The molecule has 0 radical (unpaired) electrons. The van der Waals surface area contributed by atoms with Gasteiger partial charge < -0.3 is 5.11 Å². The fraction of sp³-hybridized carbons (Fsp3) is 0.750. The number of unbranched alkanes of at least 4 members (excludes halogenated alkanes) is 3. The predicted molar refractivity (Wildman–Crippen MR) is 109 cm³/mol. The summed E-state index contributed by atoms with van der Waals surface area (Å²) >= 11 is 0. The van der Waals surface area contributed by atoms with Crippen LogP contribution in [0.15, 0.2) is 18.2 Å². The lowest BCUT2D eigenvalue weighted by Crippen LogP contribution is -2.08. The highest BCUT2D eigenvalue weighted by molar-refractivity contribution is 5.33. The third-order valence-electron chi connectivity index (χ3n) is 6.41. The summed E-state index contributed by atoms with van der Waals surface area (Å²) < 4.78 is 0. The van der Waals surface area contributed by atoms with Gasteiger partial charge >= 0.3 is 0 Å². The van der Waals surface area contributed by atoms with Gasteiger partial charge in [0.25, 0.3) is 0 Å². The summed E-state index contributed by atoms with van der Waals surface area (Å²) in [6.45, 7) is 9.45. The SMILES string of the molecule is CCC(C)(C)CCCCCc1cc(O)cc(CCCCC2(C)CC2)c1. The molecule has 0 saturated heterocycles. The topological polar surface area (TPSA) is 20.2 Å². The second-order valence-electron chi connectivity index (χ2n) is 9.60. The number of phenolic OH excluding ortho intramolecular Hbond substituents is 1. The highest BCUT2D eigenvalue weighted by Gasteiger charge is 2.35. The van der Waals surface area contributed by atoms with Gasteiger partial charge in [-0.2, -0.15) is 0 Å². The molecule has 1 N–H and O–H groups in total. The average Bonchev–Trinajstić information content (AvgIpc) is 3.29. The van der Waals surface area contributed by atoms with E-state index in [1.807, 2.05) is 12.1 Å². The molecule has 1 aromatic rings. The Kier molecular flexibility index (Phi) is 7.40. The van der Waals surface area contributed by atoms with Crippen molar-refractivity contribution in [1.29, 1.82) is 0 Å².